The van der Waals surface area contributed by atoms with E-state index in [0.717, 1.165) is 148 Å². The molecule has 0 bridgehead atoms. The van der Waals surface area contributed by atoms with Crippen LogP contribution in [0.4, 0.5) is 0 Å². The van der Waals surface area contributed by atoms with Gasteiger partial charge in [-0.2, -0.15) is 0 Å². The van der Waals surface area contributed by atoms with Crippen molar-refractivity contribution in [3.05, 3.63) is 134 Å². The predicted octanol–water partition coefficient (Wildman–Crippen LogP) is 22.2. The third kappa shape index (κ3) is 62.4. The minimum absolute atomic E-state index is 0.0950. The smallest absolute Gasteiger partial charge is 0.306 e. The summed E-state index contributed by atoms with van der Waals surface area (Å²) < 4.78 is 16.9. The van der Waals surface area contributed by atoms with Crippen molar-refractivity contribution in [2.24, 2.45) is 0 Å². The fraction of sp³-hybridized carbons (Fsp3) is 0.653. The number of unbranched alkanes of at least 4 members (excludes halogenated alkanes) is 24. The quantitative estimate of drug-likeness (QED) is 0.0261. The number of hydrogen-bond acceptors (Lipinski definition) is 6. The molecule has 1 atom stereocenters. The van der Waals surface area contributed by atoms with Crippen LogP contribution in [0.15, 0.2) is 134 Å². The monoisotopic (exact) mass is 1080 g/mol. The van der Waals surface area contributed by atoms with Gasteiger partial charge in [-0.05, 0) is 135 Å². The first-order chi connectivity index (χ1) is 38.5. The molecule has 0 aromatic heterocycles. The Balaban J connectivity index is 4.37. The fourth-order valence-electron chi connectivity index (χ4n) is 8.53. The zero-order valence-corrected chi connectivity index (χ0v) is 50.6. The number of allylic oxidation sites excluding steroid dienone is 22. The summed E-state index contributed by atoms with van der Waals surface area (Å²) in [6, 6.07) is 0. The summed E-state index contributed by atoms with van der Waals surface area (Å²) in [6.45, 7) is 6.44. The molecule has 0 rings (SSSR count). The second-order valence-electron chi connectivity index (χ2n) is 20.9. The lowest BCUT2D eigenvalue weighted by molar-refractivity contribution is -0.167. The maximum absolute atomic E-state index is 12.9. The van der Waals surface area contributed by atoms with Crippen LogP contribution in [0.3, 0.4) is 0 Å². The minimum atomic E-state index is -0.798. The predicted molar refractivity (Wildman–Crippen MR) is 339 cm³/mol. The number of carbonyl (C=O) groups is 3. The van der Waals surface area contributed by atoms with E-state index in [1.807, 2.05) is 0 Å². The molecule has 0 fully saturated rings. The van der Waals surface area contributed by atoms with Crippen molar-refractivity contribution in [2.45, 2.75) is 290 Å². The van der Waals surface area contributed by atoms with E-state index in [9.17, 15) is 14.4 Å². The lowest BCUT2D eigenvalue weighted by atomic mass is 10.1. The van der Waals surface area contributed by atoms with Crippen molar-refractivity contribution in [1.29, 1.82) is 0 Å². The molecule has 0 aliphatic carbocycles. The van der Waals surface area contributed by atoms with E-state index in [4.69, 9.17) is 14.2 Å². The second-order valence-corrected chi connectivity index (χ2v) is 20.9. The summed E-state index contributed by atoms with van der Waals surface area (Å²) >= 11 is 0. The first kappa shape index (κ1) is 73.5. The molecule has 0 aliphatic rings. The van der Waals surface area contributed by atoms with E-state index in [2.05, 4.69) is 154 Å². The average Bonchev–Trinajstić information content (AvgIpc) is 3.44. The molecule has 0 spiro atoms. The molecular formula is C72H118O6. The van der Waals surface area contributed by atoms with Gasteiger partial charge >= 0.3 is 17.9 Å². The standard InChI is InChI=1S/C72H118O6/c1-4-7-10-13-16-19-22-25-28-30-31-32-33-34-35-36-37-38-39-40-41-43-44-47-50-53-56-59-62-65-71(74)77-68-69(67-76-70(73)64-61-58-55-52-49-46-27-24-21-18-15-12-9-6-3)78-72(75)66-63-60-57-54-51-48-45-42-29-26-23-20-17-14-11-8-5-2/h7,10,15-20,24-29,31-32,34-35,37-38,40-41,69H,4-6,8-9,11-14,21-23,30,33,36,39,42-68H2,1-3H3/b10-7-,18-15-,19-16-,20-17-,27-24-,28-25-,29-26-,32-31-,35-34-,38-37-,41-40-. The van der Waals surface area contributed by atoms with E-state index in [1.54, 1.807) is 0 Å². The van der Waals surface area contributed by atoms with Gasteiger partial charge < -0.3 is 14.2 Å². The van der Waals surface area contributed by atoms with Crippen LogP contribution in [0.1, 0.15) is 284 Å². The van der Waals surface area contributed by atoms with Gasteiger partial charge in [0.1, 0.15) is 13.2 Å². The van der Waals surface area contributed by atoms with Crippen molar-refractivity contribution in [3.8, 4) is 0 Å². The summed E-state index contributed by atoms with van der Waals surface area (Å²) in [4.78, 5) is 38.3. The highest BCUT2D eigenvalue weighted by molar-refractivity contribution is 5.71. The van der Waals surface area contributed by atoms with Crippen molar-refractivity contribution in [1.82, 2.24) is 0 Å². The highest BCUT2D eigenvalue weighted by atomic mass is 16.6. The number of ether oxygens (including phenoxy) is 3. The Labute approximate surface area is 481 Å². The highest BCUT2D eigenvalue weighted by Gasteiger charge is 2.19. The highest BCUT2D eigenvalue weighted by Crippen LogP contribution is 2.15. The molecule has 0 aliphatic heterocycles. The first-order valence-electron chi connectivity index (χ1n) is 32.2. The third-order valence-corrected chi connectivity index (χ3v) is 13.4. The summed E-state index contributed by atoms with van der Waals surface area (Å²) in [7, 11) is 0. The Kier molecular flexibility index (Phi) is 61.4. The van der Waals surface area contributed by atoms with E-state index < -0.39 is 6.10 Å². The number of rotatable bonds is 57. The molecule has 78 heavy (non-hydrogen) atoms. The normalized spacial score (nSPS) is 13.0. The lowest BCUT2D eigenvalue weighted by Gasteiger charge is -2.18. The molecule has 0 N–H and O–H groups in total. The third-order valence-electron chi connectivity index (χ3n) is 13.4. The summed E-state index contributed by atoms with van der Waals surface area (Å²) in [5, 5.41) is 0. The number of carbonyl (C=O) groups excluding carboxylic acids is 3. The zero-order valence-electron chi connectivity index (χ0n) is 50.6. The van der Waals surface area contributed by atoms with Crippen LogP contribution in [0, 0.1) is 0 Å². The summed E-state index contributed by atoms with van der Waals surface area (Å²) in [6.07, 6.45) is 91.6. The lowest BCUT2D eigenvalue weighted by Crippen LogP contribution is -2.30. The van der Waals surface area contributed by atoms with Gasteiger partial charge in [0.25, 0.3) is 0 Å². The largest absolute Gasteiger partial charge is 0.462 e. The van der Waals surface area contributed by atoms with Crippen LogP contribution >= 0.6 is 0 Å². The van der Waals surface area contributed by atoms with Crippen LogP contribution in [-0.2, 0) is 28.6 Å². The van der Waals surface area contributed by atoms with Crippen LogP contribution < -0.4 is 0 Å². The van der Waals surface area contributed by atoms with Crippen molar-refractivity contribution < 1.29 is 28.6 Å². The number of hydrogen-bond donors (Lipinski definition) is 0. The van der Waals surface area contributed by atoms with E-state index in [0.29, 0.717) is 19.3 Å². The van der Waals surface area contributed by atoms with Crippen LogP contribution in [0.5, 0.6) is 0 Å². The van der Waals surface area contributed by atoms with Gasteiger partial charge in [0.05, 0.1) is 0 Å². The molecule has 6 heteroatoms. The van der Waals surface area contributed by atoms with Gasteiger partial charge in [-0.25, -0.2) is 0 Å². The van der Waals surface area contributed by atoms with Gasteiger partial charge in [-0.1, -0.05) is 264 Å². The molecule has 0 saturated heterocycles. The average molecular weight is 1080 g/mol. The first-order valence-corrected chi connectivity index (χ1v) is 32.2. The Morgan fingerprint density at radius 2 is 0.513 bits per heavy atom. The molecule has 6 nitrogen and oxygen atoms in total. The van der Waals surface area contributed by atoms with Crippen molar-refractivity contribution >= 4 is 17.9 Å². The van der Waals surface area contributed by atoms with Gasteiger partial charge in [0.15, 0.2) is 6.10 Å². The second kappa shape index (κ2) is 65.1. The molecule has 0 saturated carbocycles. The van der Waals surface area contributed by atoms with E-state index >= 15 is 0 Å². The van der Waals surface area contributed by atoms with Crippen molar-refractivity contribution in [3.63, 3.8) is 0 Å². The molecule has 0 aromatic carbocycles. The fourth-order valence-corrected chi connectivity index (χ4v) is 8.53. The van der Waals surface area contributed by atoms with Crippen LogP contribution in [0.2, 0.25) is 0 Å². The van der Waals surface area contributed by atoms with Gasteiger partial charge in [0.2, 0.25) is 0 Å². The molecule has 442 valence electrons. The Bertz CT molecular complexity index is 1670. The zero-order chi connectivity index (χ0) is 56.4. The van der Waals surface area contributed by atoms with Crippen molar-refractivity contribution in [2.75, 3.05) is 13.2 Å². The maximum atomic E-state index is 12.9. The molecule has 0 amide bonds. The van der Waals surface area contributed by atoms with Gasteiger partial charge in [-0.15, -0.1) is 0 Å². The SMILES string of the molecule is CC/C=C\C/C=C\C/C=C\C/C=C\C/C=C\C/C=C\C/C=C\CCCCCCCCCC(=O)OCC(COC(=O)CCCCCCC/C=C\C/C=C\CCCC)OC(=O)CCCCCCCCC/C=C\C/C=C\CCCCC. The maximum Gasteiger partial charge on any atom is 0.306 e. The molecule has 0 heterocycles. The Hall–Kier alpha value is -4.45. The summed E-state index contributed by atoms with van der Waals surface area (Å²) in [5.74, 6) is -0.925. The van der Waals surface area contributed by atoms with Crippen LogP contribution in [-0.4, -0.2) is 37.2 Å². The molecular weight excluding hydrogens is 961 g/mol. The van der Waals surface area contributed by atoms with Gasteiger partial charge in [-0.3, -0.25) is 14.4 Å². The topological polar surface area (TPSA) is 78.9 Å². The summed E-state index contributed by atoms with van der Waals surface area (Å²) in [5.41, 5.74) is 0. The Morgan fingerprint density at radius 1 is 0.269 bits per heavy atom. The van der Waals surface area contributed by atoms with E-state index in [-0.39, 0.29) is 31.1 Å². The molecule has 1 unspecified atom stereocenters. The minimum Gasteiger partial charge on any atom is -0.462 e. The van der Waals surface area contributed by atoms with E-state index in [1.165, 1.54) is 96.3 Å². The van der Waals surface area contributed by atoms with Crippen LogP contribution in [0.25, 0.3) is 0 Å². The molecule has 0 aromatic rings. The van der Waals surface area contributed by atoms with Gasteiger partial charge in [0, 0.05) is 19.3 Å². The Morgan fingerprint density at radius 3 is 0.821 bits per heavy atom. The molecule has 0 radical (unpaired) electrons. The number of esters is 3.